The summed E-state index contributed by atoms with van der Waals surface area (Å²) in [6, 6.07) is 0. The summed E-state index contributed by atoms with van der Waals surface area (Å²) in [7, 11) is 0. The monoisotopic (exact) mass is 275 g/mol. The number of hydrogen-bond acceptors (Lipinski definition) is 2. The standard InChI is InChI=1S/C11H18BrNO2/c1-11(2)7-13(6-9(5-12)15-11)10(14)8-3-4-8/h8-9H,3-7H2,1-2H3. The fraction of sp³-hybridized carbons (Fsp3) is 0.909. The summed E-state index contributed by atoms with van der Waals surface area (Å²) in [6.45, 7) is 5.57. The molecule has 3 nitrogen and oxygen atoms in total. The Morgan fingerprint density at radius 3 is 2.73 bits per heavy atom. The molecular weight excluding hydrogens is 258 g/mol. The van der Waals surface area contributed by atoms with Gasteiger partial charge < -0.3 is 9.64 Å². The number of hydrogen-bond donors (Lipinski definition) is 0. The minimum absolute atomic E-state index is 0.136. The van der Waals surface area contributed by atoms with Gasteiger partial charge >= 0.3 is 0 Å². The predicted octanol–water partition coefficient (Wildman–Crippen LogP) is 1.80. The topological polar surface area (TPSA) is 29.5 Å². The third-order valence-corrected chi connectivity index (χ3v) is 3.61. The average molecular weight is 276 g/mol. The van der Waals surface area contributed by atoms with E-state index in [0.717, 1.165) is 31.3 Å². The average Bonchev–Trinajstić information content (AvgIpc) is 2.97. The molecule has 1 aliphatic carbocycles. The number of carbonyl (C=O) groups excluding carboxylic acids is 1. The van der Waals surface area contributed by atoms with E-state index in [9.17, 15) is 4.79 Å². The molecule has 1 heterocycles. The summed E-state index contributed by atoms with van der Waals surface area (Å²) >= 11 is 3.43. The van der Waals surface area contributed by atoms with E-state index in [-0.39, 0.29) is 11.7 Å². The van der Waals surface area contributed by atoms with Crippen LogP contribution in [0.2, 0.25) is 0 Å². The van der Waals surface area contributed by atoms with Gasteiger partial charge in [-0.25, -0.2) is 0 Å². The fourth-order valence-corrected chi connectivity index (χ4v) is 2.47. The first-order valence-electron chi connectivity index (χ1n) is 5.54. The molecule has 86 valence electrons. The molecule has 0 N–H and O–H groups in total. The van der Waals surface area contributed by atoms with Crippen LogP contribution in [0.5, 0.6) is 0 Å². The number of carbonyl (C=O) groups is 1. The SMILES string of the molecule is CC1(C)CN(C(=O)C2CC2)CC(CBr)O1. The molecule has 1 amide bonds. The van der Waals surface area contributed by atoms with Crippen LogP contribution in [0.15, 0.2) is 0 Å². The van der Waals surface area contributed by atoms with Crippen molar-refractivity contribution < 1.29 is 9.53 Å². The van der Waals surface area contributed by atoms with Crippen LogP contribution in [0.4, 0.5) is 0 Å². The van der Waals surface area contributed by atoms with Crippen molar-refractivity contribution in [1.82, 2.24) is 4.90 Å². The Kier molecular flexibility index (Phi) is 3.08. The Bertz CT molecular complexity index is 263. The molecule has 1 aliphatic heterocycles. The number of ether oxygens (including phenoxy) is 1. The molecular formula is C11H18BrNO2. The quantitative estimate of drug-likeness (QED) is 0.720. The highest BCUT2D eigenvalue weighted by molar-refractivity contribution is 9.09. The summed E-state index contributed by atoms with van der Waals surface area (Å²) in [4.78, 5) is 13.9. The van der Waals surface area contributed by atoms with E-state index in [4.69, 9.17) is 4.74 Å². The molecule has 0 aromatic rings. The Morgan fingerprint density at radius 2 is 2.20 bits per heavy atom. The van der Waals surface area contributed by atoms with E-state index in [0.29, 0.717) is 11.8 Å². The van der Waals surface area contributed by atoms with Crippen molar-refractivity contribution >= 4 is 21.8 Å². The Balaban J connectivity index is 2.01. The smallest absolute Gasteiger partial charge is 0.225 e. The first-order valence-corrected chi connectivity index (χ1v) is 6.66. The van der Waals surface area contributed by atoms with Crippen molar-refractivity contribution in [3.8, 4) is 0 Å². The van der Waals surface area contributed by atoms with Crippen LogP contribution >= 0.6 is 15.9 Å². The zero-order chi connectivity index (χ0) is 11.1. The molecule has 4 heteroatoms. The van der Waals surface area contributed by atoms with E-state index >= 15 is 0 Å². The predicted molar refractivity (Wildman–Crippen MR) is 62.1 cm³/mol. The Labute approximate surface area is 99.3 Å². The van der Waals surface area contributed by atoms with Gasteiger partial charge in [0.05, 0.1) is 11.7 Å². The second-order valence-electron chi connectivity index (χ2n) is 5.15. The van der Waals surface area contributed by atoms with Gasteiger partial charge in [-0.3, -0.25) is 4.79 Å². The van der Waals surface area contributed by atoms with E-state index in [1.807, 2.05) is 4.90 Å². The zero-order valence-corrected chi connectivity index (χ0v) is 10.9. The van der Waals surface area contributed by atoms with E-state index in [2.05, 4.69) is 29.8 Å². The van der Waals surface area contributed by atoms with Crippen molar-refractivity contribution in [1.29, 1.82) is 0 Å². The van der Waals surface area contributed by atoms with Crippen LogP contribution in [0.1, 0.15) is 26.7 Å². The van der Waals surface area contributed by atoms with Crippen molar-refractivity contribution in [3.63, 3.8) is 0 Å². The van der Waals surface area contributed by atoms with Gasteiger partial charge in [0.15, 0.2) is 0 Å². The lowest BCUT2D eigenvalue weighted by Crippen LogP contribution is -2.55. The maximum Gasteiger partial charge on any atom is 0.225 e. The van der Waals surface area contributed by atoms with Crippen LogP contribution in [-0.2, 0) is 9.53 Å². The highest BCUT2D eigenvalue weighted by Gasteiger charge is 2.40. The number of amides is 1. The molecule has 1 unspecified atom stereocenters. The molecule has 15 heavy (non-hydrogen) atoms. The Hall–Kier alpha value is -0.0900. The third kappa shape index (κ3) is 2.72. The first-order chi connectivity index (χ1) is 7.02. The second kappa shape index (κ2) is 4.06. The molecule has 1 saturated heterocycles. The minimum atomic E-state index is -0.207. The molecule has 0 bridgehead atoms. The Morgan fingerprint density at radius 1 is 1.53 bits per heavy atom. The number of alkyl halides is 1. The van der Waals surface area contributed by atoms with Crippen LogP contribution < -0.4 is 0 Å². The normalized spacial score (nSPS) is 30.3. The highest BCUT2D eigenvalue weighted by atomic mass is 79.9. The van der Waals surface area contributed by atoms with Gasteiger partial charge in [0.2, 0.25) is 5.91 Å². The van der Waals surface area contributed by atoms with E-state index in [1.54, 1.807) is 0 Å². The highest BCUT2D eigenvalue weighted by Crippen LogP contribution is 2.33. The van der Waals surface area contributed by atoms with Gasteiger partial charge in [-0.15, -0.1) is 0 Å². The lowest BCUT2D eigenvalue weighted by atomic mass is 10.1. The van der Waals surface area contributed by atoms with Crippen molar-refractivity contribution in [3.05, 3.63) is 0 Å². The second-order valence-corrected chi connectivity index (χ2v) is 5.79. The van der Waals surface area contributed by atoms with Gasteiger partial charge in [-0.2, -0.15) is 0 Å². The van der Waals surface area contributed by atoms with Crippen LogP contribution in [0.3, 0.4) is 0 Å². The van der Waals surface area contributed by atoms with E-state index in [1.165, 1.54) is 0 Å². The molecule has 1 saturated carbocycles. The number of halogens is 1. The molecule has 0 radical (unpaired) electrons. The summed E-state index contributed by atoms with van der Waals surface area (Å²) in [5.41, 5.74) is -0.207. The molecule has 0 aromatic heterocycles. The molecule has 2 rings (SSSR count). The van der Waals surface area contributed by atoms with Crippen LogP contribution in [0.25, 0.3) is 0 Å². The molecule has 1 atom stereocenters. The molecule has 0 aromatic carbocycles. The van der Waals surface area contributed by atoms with Crippen LogP contribution in [-0.4, -0.2) is 40.9 Å². The fourth-order valence-electron chi connectivity index (χ4n) is 2.13. The molecule has 2 aliphatic rings. The number of morpholine rings is 1. The van der Waals surface area contributed by atoms with Gasteiger partial charge in [-0.1, -0.05) is 15.9 Å². The zero-order valence-electron chi connectivity index (χ0n) is 9.33. The number of nitrogens with zero attached hydrogens (tertiary/aromatic N) is 1. The molecule has 0 spiro atoms. The summed E-state index contributed by atoms with van der Waals surface area (Å²) in [5.74, 6) is 0.646. The minimum Gasteiger partial charge on any atom is -0.368 e. The van der Waals surface area contributed by atoms with Gasteiger partial charge in [-0.05, 0) is 26.7 Å². The summed E-state index contributed by atoms with van der Waals surface area (Å²) < 4.78 is 5.86. The molecule has 2 fully saturated rings. The summed E-state index contributed by atoms with van der Waals surface area (Å²) in [6.07, 6.45) is 2.29. The largest absolute Gasteiger partial charge is 0.368 e. The lowest BCUT2D eigenvalue weighted by molar-refractivity contribution is -0.158. The maximum atomic E-state index is 12.0. The number of rotatable bonds is 2. The first kappa shape index (κ1) is 11.4. The lowest BCUT2D eigenvalue weighted by Gasteiger charge is -2.42. The van der Waals surface area contributed by atoms with Gasteiger partial charge in [0.1, 0.15) is 0 Å². The van der Waals surface area contributed by atoms with Crippen molar-refractivity contribution in [2.45, 2.75) is 38.4 Å². The van der Waals surface area contributed by atoms with Crippen molar-refractivity contribution in [2.75, 3.05) is 18.4 Å². The van der Waals surface area contributed by atoms with Crippen LogP contribution in [0, 0.1) is 5.92 Å². The summed E-state index contributed by atoms with van der Waals surface area (Å²) in [5, 5.41) is 0.797. The third-order valence-electron chi connectivity index (χ3n) is 2.89. The maximum absolute atomic E-state index is 12.0. The van der Waals surface area contributed by atoms with Gasteiger partial charge in [0.25, 0.3) is 0 Å². The van der Waals surface area contributed by atoms with Gasteiger partial charge in [0, 0.05) is 24.3 Å². The van der Waals surface area contributed by atoms with Crippen molar-refractivity contribution in [2.24, 2.45) is 5.92 Å². The van der Waals surface area contributed by atoms with E-state index < -0.39 is 0 Å².